The number of phenols is 1. The summed E-state index contributed by atoms with van der Waals surface area (Å²) in [6, 6.07) is 12.4. The SMILES string of the molecule is C=CCc1cc(C(C)(C)c2ccc3c(c2)C(C)CO3)ccc1O. The number of hydrogen-bond donors (Lipinski definition) is 1. The summed E-state index contributed by atoms with van der Waals surface area (Å²) in [7, 11) is 0. The minimum atomic E-state index is -0.138. The number of benzene rings is 2. The van der Waals surface area contributed by atoms with Crippen molar-refractivity contribution < 1.29 is 9.84 Å². The van der Waals surface area contributed by atoms with Gasteiger partial charge in [-0.05, 0) is 35.2 Å². The summed E-state index contributed by atoms with van der Waals surface area (Å²) in [5, 5.41) is 10.00. The zero-order chi connectivity index (χ0) is 16.6. The highest BCUT2D eigenvalue weighted by molar-refractivity contribution is 5.49. The molecule has 2 aromatic carbocycles. The van der Waals surface area contributed by atoms with Crippen LogP contribution >= 0.6 is 0 Å². The monoisotopic (exact) mass is 308 g/mol. The number of ether oxygens (including phenoxy) is 1. The van der Waals surface area contributed by atoms with E-state index in [-0.39, 0.29) is 5.41 Å². The van der Waals surface area contributed by atoms with Gasteiger partial charge in [-0.2, -0.15) is 0 Å². The van der Waals surface area contributed by atoms with Crippen LogP contribution in [-0.2, 0) is 11.8 Å². The van der Waals surface area contributed by atoms with Gasteiger partial charge in [-0.1, -0.05) is 51.1 Å². The average Bonchev–Trinajstić information content (AvgIpc) is 2.90. The summed E-state index contributed by atoms with van der Waals surface area (Å²) in [5.74, 6) is 1.78. The van der Waals surface area contributed by atoms with Gasteiger partial charge >= 0.3 is 0 Å². The lowest BCUT2D eigenvalue weighted by molar-refractivity contribution is 0.337. The lowest BCUT2D eigenvalue weighted by Gasteiger charge is -2.27. The first-order chi connectivity index (χ1) is 10.9. The fraction of sp³-hybridized carbons (Fsp3) is 0.333. The van der Waals surface area contributed by atoms with Gasteiger partial charge in [-0.25, -0.2) is 0 Å². The van der Waals surface area contributed by atoms with E-state index >= 15 is 0 Å². The van der Waals surface area contributed by atoms with Gasteiger partial charge in [0.25, 0.3) is 0 Å². The van der Waals surface area contributed by atoms with Crippen molar-refractivity contribution in [1.82, 2.24) is 0 Å². The molecule has 0 saturated heterocycles. The second-order valence-electron chi connectivity index (χ2n) is 6.93. The third kappa shape index (κ3) is 2.74. The molecule has 0 spiro atoms. The Morgan fingerprint density at radius 3 is 2.65 bits per heavy atom. The first kappa shape index (κ1) is 15.7. The fourth-order valence-corrected chi connectivity index (χ4v) is 3.22. The highest BCUT2D eigenvalue weighted by atomic mass is 16.5. The molecule has 2 heteroatoms. The van der Waals surface area contributed by atoms with E-state index in [0.717, 1.165) is 17.9 Å². The van der Waals surface area contributed by atoms with Crippen molar-refractivity contribution in [1.29, 1.82) is 0 Å². The molecule has 3 rings (SSSR count). The Bertz CT molecular complexity index is 744. The van der Waals surface area contributed by atoms with Gasteiger partial charge in [0.1, 0.15) is 11.5 Å². The Balaban J connectivity index is 2.03. The summed E-state index contributed by atoms with van der Waals surface area (Å²) in [4.78, 5) is 0. The van der Waals surface area contributed by atoms with Crippen LogP contribution in [0.5, 0.6) is 11.5 Å². The third-order valence-corrected chi connectivity index (χ3v) is 4.92. The van der Waals surface area contributed by atoms with Gasteiger partial charge < -0.3 is 9.84 Å². The number of hydrogen-bond acceptors (Lipinski definition) is 2. The van der Waals surface area contributed by atoms with Gasteiger partial charge in [-0.3, -0.25) is 0 Å². The quantitative estimate of drug-likeness (QED) is 0.810. The van der Waals surface area contributed by atoms with Gasteiger partial charge in [0, 0.05) is 16.9 Å². The Labute approximate surface area is 138 Å². The highest BCUT2D eigenvalue weighted by Crippen LogP contribution is 2.40. The van der Waals surface area contributed by atoms with Crippen LogP contribution in [0.3, 0.4) is 0 Å². The molecule has 0 amide bonds. The molecule has 1 N–H and O–H groups in total. The number of aromatic hydroxyl groups is 1. The molecule has 0 fully saturated rings. The maximum Gasteiger partial charge on any atom is 0.122 e. The Morgan fingerprint density at radius 2 is 1.91 bits per heavy atom. The Kier molecular flexibility index (Phi) is 3.93. The van der Waals surface area contributed by atoms with Gasteiger partial charge in [0.15, 0.2) is 0 Å². The largest absolute Gasteiger partial charge is 0.508 e. The predicted octanol–water partition coefficient (Wildman–Crippen LogP) is 4.94. The van der Waals surface area contributed by atoms with E-state index in [1.807, 2.05) is 12.1 Å². The third-order valence-electron chi connectivity index (χ3n) is 4.92. The molecule has 2 nitrogen and oxygen atoms in total. The van der Waals surface area contributed by atoms with Crippen LogP contribution in [0.2, 0.25) is 0 Å². The van der Waals surface area contributed by atoms with E-state index in [2.05, 4.69) is 51.6 Å². The van der Waals surface area contributed by atoms with Crippen LogP contribution in [0.25, 0.3) is 0 Å². The van der Waals surface area contributed by atoms with Crippen molar-refractivity contribution in [2.45, 2.75) is 38.5 Å². The van der Waals surface area contributed by atoms with Gasteiger partial charge in [0.2, 0.25) is 0 Å². The maximum atomic E-state index is 10.00. The molecular formula is C21H24O2. The van der Waals surface area contributed by atoms with Crippen molar-refractivity contribution in [3.05, 3.63) is 71.3 Å². The minimum absolute atomic E-state index is 0.138. The van der Waals surface area contributed by atoms with Gasteiger partial charge in [-0.15, -0.1) is 6.58 Å². The van der Waals surface area contributed by atoms with Crippen molar-refractivity contribution in [3.63, 3.8) is 0 Å². The van der Waals surface area contributed by atoms with E-state index in [0.29, 0.717) is 18.1 Å². The fourth-order valence-electron chi connectivity index (χ4n) is 3.22. The molecule has 1 unspecified atom stereocenters. The summed E-state index contributed by atoms with van der Waals surface area (Å²) in [6.45, 7) is 11.2. The normalized spacial score (nSPS) is 16.7. The van der Waals surface area contributed by atoms with Crippen molar-refractivity contribution in [2.24, 2.45) is 0 Å². The molecule has 23 heavy (non-hydrogen) atoms. The molecule has 0 aromatic heterocycles. The number of fused-ring (bicyclic) bond motifs is 1. The van der Waals surface area contributed by atoms with E-state index < -0.39 is 0 Å². The summed E-state index contributed by atoms with van der Waals surface area (Å²) < 4.78 is 5.71. The summed E-state index contributed by atoms with van der Waals surface area (Å²) >= 11 is 0. The second-order valence-corrected chi connectivity index (χ2v) is 6.93. The van der Waals surface area contributed by atoms with Crippen LogP contribution in [0.1, 0.15) is 48.9 Å². The summed E-state index contributed by atoms with van der Waals surface area (Å²) in [6.07, 6.45) is 2.49. The summed E-state index contributed by atoms with van der Waals surface area (Å²) in [5.41, 5.74) is 4.53. The molecule has 0 saturated carbocycles. The molecule has 1 atom stereocenters. The number of rotatable bonds is 4. The van der Waals surface area contributed by atoms with Crippen LogP contribution < -0.4 is 4.74 Å². The Hall–Kier alpha value is -2.22. The van der Waals surface area contributed by atoms with Crippen molar-refractivity contribution in [3.8, 4) is 11.5 Å². The Morgan fingerprint density at radius 1 is 1.22 bits per heavy atom. The zero-order valence-corrected chi connectivity index (χ0v) is 14.1. The molecule has 2 aromatic rings. The molecule has 120 valence electrons. The minimum Gasteiger partial charge on any atom is -0.508 e. The van der Waals surface area contributed by atoms with Gasteiger partial charge in [0.05, 0.1) is 6.61 Å². The van der Waals surface area contributed by atoms with E-state index in [9.17, 15) is 5.11 Å². The highest BCUT2D eigenvalue weighted by Gasteiger charge is 2.27. The van der Waals surface area contributed by atoms with Crippen LogP contribution in [0.4, 0.5) is 0 Å². The van der Waals surface area contributed by atoms with Crippen LogP contribution in [0.15, 0.2) is 49.1 Å². The molecule has 1 heterocycles. The van der Waals surface area contributed by atoms with E-state index in [1.165, 1.54) is 16.7 Å². The van der Waals surface area contributed by atoms with Crippen LogP contribution in [-0.4, -0.2) is 11.7 Å². The average molecular weight is 308 g/mol. The first-order valence-corrected chi connectivity index (χ1v) is 8.14. The van der Waals surface area contributed by atoms with Crippen molar-refractivity contribution >= 4 is 0 Å². The first-order valence-electron chi connectivity index (χ1n) is 8.14. The van der Waals surface area contributed by atoms with E-state index in [4.69, 9.17) is 4.74 Å². The standard InChI is InChI=1S/C21H24O2/c1-5-6-15-11-16(7-9-19(15)22)21(3,4)17-8-10-20-18(12-17)14(2)13-23-20/h5,7-12,14,22H,1,6,13H2,2-4H3. The van der Waals surface area contributed by atoms with E-state index in [1.54, 1.807) is 6.07 Å². The van der Waals surface area contributed by atoms with Crippen LogP contribution in [0, 0.1) is 0 Å². The molecular weight excluding hydrogens is 284 g/mol. The molecule has 0 aliphatic carbocycles. The molecule has 1 aliphatic rings. The molecule has 1 aliphatic heterocycles. The lowest BCUT2D eigenvalue weighted by atomic mass is 9.76. The topological polar surface area (TPSA) is 29.5 Å². The zero-order valence-electron chi connectivity index (χ0n) is 14.1. The maximum absolute atomic E-state index is 10.00. The predicted molar refractivity (Wildman–Crippen MR) is 94.5 cm³/mol. The molecule has 0 radical (unpaired) electrons. The lowest BCUT2D eigenvalue weighted by Crippen LogP contribution is -2.19. The number of phenolic OH excluding ortho intramolecular Hbond substituents is 1. The number of allylic oxidation sites excluding steroid dienone is 1. The van der Waals surface area contributed by atoms with Crippen molar-refractivity contribution in [2.75, 3.05) is 6.61 Å². The molecule has 0 bridgehead atoms. The second kappa shape index (κ2) is 5.77. The smallest absolute Gasteiger partial charge is 0.122 e.